The predicted octanol–water partition coefficient (Wildman–Crippen LogP) is 2.18. The molecule has 2 aromatic rings. The minimum Gasteiger partial charge on any atom is -0.504 e. The highest BCUT2D eigenvalue weighted by molar-refractivity contribution is 5.38. The summed E-state index contributed by atoms with van der Waals surface area (Å²) in [5.41, 5.74) is 0. The quantitative estimate of drug-likeness (QED) is 0.646. The van der Waals surface area contributed by atoms with Crippen LogP contribution in [-0.4, -0.2) is 48.9 Å². The van der Waals surface area contributed by atoms with Gasteiger partial charge in [0.2, 0.25) is 0 Å². The third kappa shape index (κ3) is 6.90. The summed E-state index contributed by atoms with van der Waals surface area (Å²) in [6.07, 6.45) is 0. The van der Waals surface area contributed by atoms with Crippen molar-refractivity contribution in [2.75, 3.05) is 33.5 Å². The maximum Gasteiger partial charge on any atom is 0.161 e. The van der Waals surface area contributed by atoms with E-state index in [2.05, 4.69) is 0 Å². The van der Waals surface area contributed by atoms with Crippen LogP contribution in [0.5, 0.6) is 23.0 Å². The summed E-state index contributed by atoms with van der Waals surface area (Å²) < 4.78 is 16.1. The first kappa shape index (κ1) is 18.6. The molecule has 0 aliphatic heterocycles. The van der Waals surface area contributed by atoms with Gasteiger partial charge in [-0.1, -0.05) is 24.3 Å². The van der Waals surface area contributed by atoms with Crippen molar-refractivity contribution in [3.8, 4) is 23.0 Å². The molecule has 6 heteroatoms. The van der Waals surface area contributed by atoms with Gasteiger partial charge in [-0.3, -0.25) is 0 Å². The van der Waals surface area contributed by atoms with Gasteiger partial charge in [-0.05, 0) is 24.3 Å². The highest BCUT2D eigenvalue weighted by Crippen LogP contribution is 2.24. The molecule has 0 aliphatic rings. The highest BCUT2D eigenvalue weighted by atomic mass is 16.5. The number of phenolic OH excluding ortho intramolecular Hbond substituents is 2. The number of benzene rings is 2. The van der Waals surface area contributed by atoms with Crippen LogP contribution in [0.4, 0.5) is 0 Å². The SMILES string of the molecule is CO.Oc1ccccc1OCCOCCOc1ccccc1O. The summed E-state index contributed by atoms with van der Waals surface area (Å²) in [7, 11) is 1.00. The van der Waals surface area contributed by atoms with Gasteiger partial charge >= 0.3 is 0 Å². The van der Waals surface area contributed by atoms with Crippen LogP contribution < -0.4 is 9.47 Å². The molecule has 3 N–H and O–H groups in total. The van der Waals surface area contributed by atoms with Crippen molar-refractivity contribution in [2.24, 2.45) is 0 Å². The number of phenols is 2. The van der Waals surface area contributed by atoms with Gasteiger partial charge in [-0.25, -0.2) is 0 Å². The van der Waals surface area contributed by atoms with Crippen LogP contribution in [0.25, 0.3) is 0 Å². The Labute approximate surface area is 135 Å². The van der Waals surface area contributed by atoms with E-state index in [0.717, 1.165) is 7.11 Å². The molecule has 0 spiro atoms. The second-order valence-electron chi connectivity index (χ2n) is 4.24. The summed E-state index contributed by atoms with van der Waals surface area (Å²) in [4.78, 5) is 0. The molecule has 0 aliphatic carbocycles. The van der Waals surface area contributed by atoms with E-state index in [1.165, 1.54) is 0 Å². The fourth-order valence-corrected chi connectivity index (χ4v) is 1.68. The predicted molar refractivity (Wildman–Crippen MR) is 86.2 cm³/mol. The van der Waals surface area contributed by atoms with E-state index in [1.807, 2.05) is 0 Å². The zero-order valence-electron chi connectivity index (χ0n) is 13.0. The van der Waals surface area contributed by atoms with Crippen LogP contribution in [0.1, 0.15) is 0 Å². The monoisotopic (exact) mass is 322 g/mol. The number of aromatic hydroxyl groups is 2. The number of ether oxygens (including phenoxy) is 3. The second-order valence-corrected chi connectivity index (χ2v) is 4.24. The third-order valence-electron chi connectivity index (χ3n) is 2.70. The molecule has 23 heavy (non-hydrogen) atoms. The van der Waals surface area contributed by atoms with Gasteiger partial charge in [-0.2, -0.15) is 0 Å². The zero-order valence-corrected chi connectivity index (χ0v) is 13.0. The normalized spacial score (nSPS) is 9.65. The molecule has 2 aromatic carbocycles. The van der Waals surface area contributed by atoms with Gasteiger partial charge in [0, 0.05) is 7.11 Å². The van der Waals surface area contributed by atoms with Crippen LogP contribution in [0.3, 0.4) is 0 Å². The van der Waals surface area contributed by atoms with Crippen molar-refractivity contribution in [1.29, 1.82) is 0 Å². The van der Waals surface area contributed by atoms with Crippen molar-refractivity contribution in [3.05, 3.63) is 48.5 Å². The number of aliphatic hydroxyl groups excluding tert-OH is 1. The summed E-state index contributed by atoms with van der Waals surface area (Å²) in [5.74, 6) is 1.10. The van der Waals surface area contributed by atoms with Crippen LogP contribution in [-0.2, 0) is 4.74 Å². The standard InChI is InChI=1S/C16H18O5.CH4O/c17-13-5-1-3-7-15(13)20-11-9-19-10-12-21-16-8-4-2-6-14(16)18;1-2/h1-8,17-18H,9-12H2;2H,1H3. The summed E-state index contributed by atoms with van der Waals surface area (Å²) >= 11 is 0. The molecule has 0 aromatic heterocycles. The lowest BCUT2D eigenvalue weighted by Gasteiger charge is -2.09. The van der Waals surface area contributed by atoms with E-state index < -0.39 is 0 Å². The lowest BCUT2D eigenvalue weighted by Crippen LogP contribution is -2.12. The fourth-order valence-electron chi connectivity index (χ4n) is 1.68. The molecule has 126 valence electrons. The molecule has 0 bridgehead atoms. The van der Waals surface area contributed by atoms with E-state index in [1.54, 1.807) is 48.5 Å². The number of rotatable bonds is 8. The summed E-state index contributed by atoms with van der Waals surface area (Å²) in [6, 6.07) is 13.6. The van der Waals surface area contributed by atoms with E-state index in [0.29, 0.717) is 37.9 Å². The van der Waals surface area contributed by atoms with Crippen LogP contribution in [0, 0.1) is 0 Å². The molecule has 2 rings (SSSR count). The van der Waals surface area contributed by atoms with Gasteiger partial charge in [-0.15, -0.1) is 0 Å². The first-order chi connectivity index (χ1) is 11.3. The minimum absolute atomic E-state index is 0.111. The van der Waals surface area contributed by atoms with Gasteiger partial charge in [0.05, 0.1) is 13.2 Å². The topological polar surface area (TPSA) is 88.4 Å². The highest BCUT2D eigenvalue weighted by Gasteiger charge is 2.01. The Kier molecular flexibility index (Phi) is 9.04. The molecule has 0 radical (unpaired) electrons. The molecule has 0 unspecified atom stereocenters. The van der Waals surface area contributed by atoms with Crippen molar-refractivity contribution in [1.82, 2.24) is 0 Å². The largest absolute Gasteiger partial charge is 0.504 e. The van der Waals surface area contributed by atoms with E-state index in [4.69, 9.17) is 19.3 Å². The van der Waals surface area contributed by atoms with Gasteiger partial charge in [0.1, 0.15) is 13.2 Å². The maximum atomic E-state index is 9.49. The average Bonchev–Trinajstić information content (AvgIpc) is 2.59. The number of hydrogen-bond acceptors (Lipinski definition) is 6. The molecular weight excluding hydrogens is 300 g/mol. The lowest BCUT2D eigenvalue weighted by molar-refractivity contribution is 0.0751. The van der Waals surface area contributed by atoms with E-state index in [9.17, 15) is 10.2 Å². The van der Waals surface area contributed by atoms with E-state index in [-0.39, 0.29) is 11.5 Å². The Morgan fingerprint density at radius 1 is 0.652 bits per heavy atom. The molecule has 0 amide bonds. The third-order valence-corrected chi connectivity index (χ3v) is 2.70. The first-order valence-corrected chi connectivity index (χ1v) is 7.11. The van der Waals surface area contributed by atoms with Crippen molar-refractivity contribution in [3.63, 3.8) is 0 Å². The average molecular weight is 322 g/mol. The van der Waals surface area contributed by atoms with Crippen molar-refractivity contribution < 1.29 is 29.5 Å². The Hall–Kier alpha value is -2.44. The summed E-state index contributed by atoms with van der Waals surface area (Å²) in [6.45, 7) is 1.46. The van der Waals surface area contributed by atoms with Crippen molar-refractivity contribution in [2.45, 2.75) is 0 Å². The lowest BCUT2D eigenvalue weighted by atomic mass is 10.3. The number of hydrogen-bond donors (Lipinski definition) is 3. The molecule has 0 fully saturated rings. The van der Waals surface area contributed by atoms with Gasteiger partial charge in [0.25, 0.3) is 0 Å². The smallest absolute Gasteiger partial charge is 0.161 e. The van der Waals surface area contributed by atoms with Crippen LogP contribution >= 0.6 is 0 Å². The zero-order chi connectivity index (χ0) is 16.9. The maximum absolute atomic E-state index is 9.49. The van der Waals surface area contributed by atoms with E-state index >= 15 is 0 Å². The summed E-state index contributed by atoms with van der Waals surface area (Å²) in [5, 5.41) is 26.0. The molecule has 0 saturated carbocycles. The minimum atomic E-state index is 0.111. The number of para-hydroxylation sites is 4. The van der Waals surface area contributed by atoms with Gasteiger partial charge in [0.15, 0.2) is 23.0 Å². The van der Waals surface area contributed by atoms with Crippen LogP contribution in [0.2, 0.25) is 0 Å². The van der Waals surface area contributed by atoms with Crippen LogP contribution in [0.15, 0.2) is 48.5 Å². The fraction of sp³-hybridized carbons (Fsp3) is 0.294. The molecule has 0 heterocycles. The Morgan fingerprint density at radius 2 is 1.04 bits per heavy atom. The Morgan fingerprint density at radius 3 is 1.43 bits per heavy atom. The first-order valence-electron chi connectivity index (χ1n) is 7.11. The molecule has 0 atom stereocenters. The molecule has 0 saturated heterocycles. The Balaban J connectivity index is 0.00000127. The number of aliphatic hydroxyl groups is 1. The Bertz CT molecular complexity index is 509. The second kappa shape index (κ2) is 11.2. The van der Waals surface area contributed by atoms with Crippen molar-refractivity contribution >= 4 is 0 Å². The molecular formula is C17H22O6. The van der Waals surface area contributed by atoms with Gasteiger partial charge < -0.3 is 29.5 Å². The molecule has 6 nitrogen and oxygen atoms in total.